The lowest BCUT2D eigenvalue weighted by molar-refractivity contribution is 0.623. The lowest BCUT2D eigenvalue weighted by Gasteiger charge is -2.26. The van der Waals surface area contributed by atoms with E-state index in [1.54, 1.807) is 0 Å². The fraction of sp³-hybridized carbons (Fsp3) is 0. The zero-order chi connectivity index (χ0) is 36.3. The van der Waals surface area contributed by atoms with Gasteiger partial charge in [-0.2, -0.15) is 0 Å². The minimum Gasteiger partial charge on any atom is -0.456 e. The average Bonchev–Trinajstić information content (AvgIpc) is 3.86. The highest BCUT2D eigenvalue weighted by Crippen LogP contribution is 2.41. The number of oxazole rings is 1. The molecule has 11 aromatic rings. The summed E-state index contributed by atoms with van der Waals surface area (Å²) in [6.45, 7) is 0. The van der Waals surface area contributed by atoms with Crippen LogP contribution in [0.2, 0.25) is 0 Å². The monoisotopic (exact) mass is 704 g/mol. The second kappa shape index (κ2) is 12.6. The van der Waals surface area contributed by atoms with Crippen molar-refractivity contribution < 1.29 is 8.83 Å². The second-order valence-electron chi connectivity index (χ2n) is 14.0. The molecule has 0 saturated carbocycles. The first kappa shape index (κ1) is 31.1. The van der Waals surface area contributed by atoms with Crippen molar-refractivity contribution in [1.82, 2.24) is 4.98 Å². The summed E-state index contributed by atoms with van der Waals surface area (Å²) >= 11 is 0. The SMILES string of the molecule is c1ccc(-c2ccc(N(c3ccc(-c4ccc5ccc6ccc7nc(-c8ccccc8)oc7c6c5c4)cc3)c3ccc4c(c3)oc3ccccc34)cc2)cc1. The molecule has 0 saturated heterocycles. The molecule has 0 amide bonds. The van der Waals surface area contributed by atoms with Crippen LogP contribution in [-0.2, 0) is 0 Å². The van der Waals surface area contributed by atoms with Crippen molar-refractivity contribution in [3.05, 3.63) is 194 Å². The Kier molecular flexibility index (Phi) is 7.14. The predicted molar refractivity (Wildman–Crippen MR) is 227 cm³/mol. The third-order valence-electron chi connectivity index (χ3n) is 10.7. The Balaban J connectivity index is 1.01. The number of hydrogen-bond acceptors (Lipinski definition) is 4. The van der Waals surface area contributed by atoms with Crippen molar-refractivity contribution in [2.75, 3.05) is 4.90 Å². The summed E-state index contributed by atoms with van der Waals surface area (Å²) in [7, 11) is 0. The smallest absolute Gasteiger partial charge is 0.227 e. The van der Waals surface area contributed by atoms with Gasteiger partial charge >= 0.3 is 0 Å². The molecule has 0 aliphatic heterocycles. The number of nitrogens with zero attached hydrogens (tertiary/aromatic N) is 2. The van der Waals surface area contributed by atoms with Crippen LogP contribution in [0.15, 0.2) is 203 Å². The highest BCUT2D eigenvalue weighted by molar-refractivity contribution is 6.18. The van der Waals surface area contributed by atoms with Crippen molar-refractivity contribution >= 4 is 71.6 Å². The molecule has 11 rings (SSSR count). The maximum absolute atomic E-state index is 6.50. The van der Waals surface area contributed by atoms with Gasteiger partial charge < -0.3 is 13.7 Å². The summed E-state index contributed by atoms with van der Waals surface area (Å²) in [5.41, 5.74) is 12.1. The van der Waals surface area contributed by atoms with E-state index in [0.29, 0.717) is 5.89 Å². The van der Waals surface area contributed by atoms with Crippen molar-refractivity contribution in [1.29, 1.82) is 0 Å². The fourth-order valence-corrected chi connectivity index (χ4v) is 7.94. The first-order valence-corrected chi connectivity index (χ1v) is 18.5. The van der Waals surface area contributed by atoms with Gasteiger partial charge in [-0.05, 0) is 105 Å². The second-order valence-corrected chi connectivity index (χ2v) is 14.0. The van der Waals surface area contributed by atoms with Gasteiger partial charge in [-0.3, -0.25) is 0 Å². The van der Waals surface area contributed by atoms with Gasteiger partial charge in [-0.15, -0.1) is 0 Å². The van der Waals surface area contributed by atoms with Gasteiger partial charge in [0.2, 0.25) is 5.89 Å². The minimum atomic E-state index is 0.630. The first-order chi connectivity index (χ1) is 27.2. The van der Waals surface area contributed by atoms with E-state index in [4.69, 9.17) is 13.8 Å². The van der Waals surface area contributed by atoms with Crippen LogP contribution < -0.4 is 4.90 Å². The molecule has 0 aliphatic carbocycles. The number of hydrogen-bond donors (Lipinski definition) is 0. The summed E-state index contributed by atoms with van der Waals surface area (Å²) in [5, 5.41) is 6.73. The third-order valence-corrected chi connectivity index (χ3v) is 10.7. The molecular weight excluding hydrogens is 673 g/mol. The summed E-state index contributed by atoms with van der Waals surface area (Å²) in [6.07, 6.45) is 0. The molecule has 2 aromatic heterocycles. The summed E-state index contributed by atoms with van der Waals surface area (Å²) in [6, 6.07) is 68.2. The zero-order valence-electron chi connectivity index (χ0n) is 29.7. The highest BCUT2D eigenvalue weighted by Gasteiger charge is 2.17. The number of para-hydroxylation sites is 1. The largest absolute Gasteiger partial charge is 0.456 e. The molecule has 2 heterocycles. The van der Waals surface area contributed by atoms with Gasteiger partial charge in [-0.1, -0.05) is 121 Å². The molecule has 0 atom stereocenters. The first-order valence-electron chi connectivity index (χ1n) is 18.5. The van der Waals surface area contributed by atoms with Crippen molar-refractivity contribution in [2.24, 2.45) is 0 Å². The maximum Gasteiger partial charge on any atom is 0.227 e. The van der Waals surface area contributed by atoms with Gasteiger partial charge in [0.25, 0.3) is 0 Å². The van der Waals surface area contributed by atoms with Crippen LogP contribution in [0.25, 0.3) is 88.3 Å². The Morgan fingerprint density at radius 1 is 0.364 bits per heavy atom. The number of anilines is 3. The van der Waals surface area contributed by atoms with Crippen molar-refractivity contribution in [3.63, 3.8) is 0 Å². The van der Waals surface area contributed by atoms with Crippen molar-refractivity contribution in [2.45, 2.75) is 0 Å². The third kappa shape index (κ3) is 5.34. The van der Waals surface area contributed by atoms with Gasteiger partial charge in [0.1, 0.15) is 16.7 Å². The molecular formula is C51H32N2O2. The summed E-state index contributed by atoms with van der Waals surface area (Å²) in [4.78, 5) is 7.16. The van der Waals surface area contributed by atoms with Crippen LogP contribution in [-0.4, -0.2) is 4.98 Å². The molecule has 0 unspecified atom stereocenters. The van der Waals surface area contributed by atoms with E-state index in [1.165, 1.54) is 11.1 Å². The Labute approximate surface area is 317 Å². The number of fused-ring (bicyclic) bond motifs is 8. The lowest BCUT2D eigenvalue weighted by Crippen LogP contribution is -2.09. The van der Waals surface area contributed by atoms with E-state index in [9.17, 15) is 0 Å². The molecule has 0 bridgehead atoms. The summed E-state index contributed by atoms with van der Waals surface area (Å²) < 4.78 is 12.8. The van der Waals surface area contributed by atoms with Crippen LogP contribution >= 0.6 is 0 Å². The van der Waals surface area contributed by atoms with Crippen LogP contribution in [0.3, 0.4) is 0 Å². The maximum atomic E-state index is 6.50. The number of aromatic nitrogens is 1. The van der Waals surface area contributed by atoms with Crippen LogP contribution in [0, 0.1) is 0 Å². The summed E-state index contributed by atoms with van der Waals surface area (Å²) in [5.74, 6) is 0.630. The average molecular weight is 705 g/mol. The molecule has 258 valence electrons. The van der Waals surface area contributed by atoms with E-state index >= 15 is 0 Å². The number of rotatable bonds is 6. The fourth-order valence-electron chi connectivity index (χ4n) is 7.94. The lowest BCUT2D eigenvalue weighted by atomic mass is 9.96. The van der Waals surface area contributed by atoms with Gasteiger partial charge in [-0.25, -0.2) is 4.98 Å². The van der Waals surface area contributed by atoms with E-state index in [2.05, 4.69) is 157 Å². The number of furan rings is 1. The molecule has 0 fully saturated rings. The molecule has 4 nitrogen and oxygen atoms in total. The molecule has 9 aromatic carbocycles. The van der Waals surface area contributed by atoms with Crippen LogP contribution in [0.5, 0.6) is 0 Å². The Morgan fingerprint density at radius 2 is 0.927 bits per heavy atom. The van der Waals surface area contributed by atoms with Crippen LogP contribution in [0.4, 0.5) is 17.1 Å². The molecule has 0 aliphatic rings. The number of benzene rings is 9. The Hall–Kier alpha value is -7.43. The van der Waals surface area contributed by atoms with Gasteiger partial charge in [0.05, 0.1) is 0 Å². The van der Waals surface area contributed by atoms with E-state index in [0.717, 1.165) is 88.3 Å². The molecule has 55 heavy (non-hydrogen) atoms. The highest BCUT2D eigenvalue weighted by atomic mass is 16.3. The topological polar surface area (TPSA) is 42.4 Å². The standard InChI is InChI=1S/C51H32N2O2/c1-3-9-33(10-4-1)34-19-24-40(25-20-34)53(42-28-29-44-43-13-7-8-14-47(43)54-48(44)32-42)41-26-21-35(22-27-41)39-18-16-36-15-17-37-23-30-46-50(49(37)45(36)31-39)55-51(52-46)38-11-5-2-6-12-38/h1-32H. The molecule has 0 N–H and O–H groups in total. The predicted octanol–water partition coefficient (Wildman–Crippen LogP) is 14.5. The van der Waals surface area contributed by atoms with Crippen molar-refractivity contribution in [3.8, 4) is 33.7 Å². The van der Waals surface area contributed by atoms with Gasteiger partial charge in [0.15, 0.2) is 5.58 Å². The minimum absolute atomic E-state index is 0.630. The van der Waals surface area contributed by atoms with Crippen LogP contribution in [0.1, 0.15) is 0 Å². The van der Waals surface area contributed by atoms with E-state index in [1.807, 2.05) is 42.5 Å². The molecule has 0 radical (unpaired) electrons. The Morgan fingerprint density at radius 3 is 1.69 bits per heavy atom. The molecule has 0 spiro atoms. The Bertz CT molecular complexity index is 3180. The normalized spacial score (nSPS) is 11.6. The van der Waals surface area contributed by atoms with Gasteiger partial charge in [0, 0.05) is 44.9 Å². The molecule has 4 heteroatoms. The quantitative estimate of drug-likeness (QED) is 0.162. The van der Waals surface area contributed by atoms with E-state index < -0.39 is 0 Å². The van der Waals surface area contributed by atoms with E-state index in [-0.39, 0.29) is 0 Å². The zero-order valence-corrected chi connectivity index (χ0v) is 29.7.